The lowest BCUT2D eigenvalue weighted by Crippen LogP contribution is -2.28. The predicted molar refractivity (Wildman–Crippen MR) is 137 cm³/mol. The van der Waals surface area contributed by atoms with Gasteiger partial charge in [-0.05, 0) is 35.4 Å². The van der Waals surface area contributed by atoms with E-state index in [9.17, 15) is 23.1 Å². The van der Waals surface area contributed by atoms with Crippen molar-refractivity contribution in [1.82, 2.24) is 9.88 Å². The molecule has 1 aromatic heterocycles. The van der Waals surface area contributed by atoms with Crippen LogP contribution in [0.15, 0.2) is 109 Å². The van der Waals surface area contributed by atoms with Gasteiger partial charge in [0.15, 0.2) is 0 Å². The first kappa shape index (κ1) is 24.3. The third-order valence-corrected chi connectivity index (χ3v) is 6.28. The van der Waals surface area contributed by atoms with Crippen LogP contribution >= 0.6 is 0 Å². The molecule has 0 amide bonds. The molecule has 0 aliphatic rings. The zero-order valence-electron chi connectivity index (χ0n) is 19.6. The topological polar surface area (TPSA) is 54.3 Å². The third-order valence-electron chi connectivity index (χ3n) is 6.28. The number of alkyl halides is 3. The van der Waals surface area contributed by atoms with Crippen molar-refractivity contribution in [2.75, 3.05) is 0 Å². The first-order valence-electron chi connectivity index (χ1n) is 11.7. The van der Waals surface area contributed by atoms with E-state index in [0.717, 1.165) is 34.3 Å². The highest BCUT2D eigenvalue weighted by molar-refractivity contribution is 5.98. The lowest BCUT2D eigenvalue weighted by atomic mass is 9.98. The zero-order valence-corrected chi connectivity index (χ0v) is 19.6. The molecular weight excluding hydrogens is 477 g/mol. The number of carboxylic acid groups (broad SMARTS) is 1. The minimum Gasteiger partial charge on any atom is -0.480 e. The van der Waals surface area contributed by atoms with Crippen LogP contribution in [0.5, 0.6) is 0 Å². The molecule has 2 N–H and O–H groups in total. The summed E-state index contributed by atoms with van der Waals surface area (Å²) in [4.78, 5) is 12.7. The second kappa shape index (κ2) is 9.95. The third kappa shape index (κ3) is 4.86. The molecule has 7 heteroatoms. The number of benzene rings is 4. The van der Waals surface area contributed by atoms with Crippen LogP contribution in [0.4, 0.5) is 13.2 Å². The summed E-state index contributed by atoms with van der Waals surface area (Å²) in [5.74, 6) is -1.12. The Morgan fingerprint density at radius 3 is 2.16 bits per heavy atom. The van der Waals surface area contributed by atoms with E-state index in [0.29, 0.717) is 16.8 Å². The van der Waals surface area contributed by atoms with Crippen LogP contribution in [-0.2, 0) is 17.5 Å². The number of nitrogens with zero attached hydrogens (tertiary/aromatic N) is 1. The van der Waals surface area contributed by atoms with Crippen molar-refractivity contribution in [3.63, 3.8) is 0 Å². The summed E-state index contributed by atoms with van der Waals surface area (Å²) in [6, 6.07) is 30.4. The van der Waals surface area contributed by atoms with Crippen LogP contribution in [0.3, 0.4) is 0 Å². The van der Waals surface area contributed by atoms with E-state index in [-0.39, 0.29) is 6.54 Å². The molecule has 0 aliphatic heterocycles. The molecule has 0 aliphatic carbocycles. The van der Waals surface area contributed by atoms with Gasteiger partial charge in [-0.25, -0.2) is 0 Å². The van der Waals surface area contributed by atoms with Gasteiger partial charge in [0, 0.05) is 23.2 Å². The molecule has 1 heterocycles. The second-order valence-corrected chi connectivity index (χ2v) is 8.67. The quantitative estimate of drug-likeness (QED) is 0.248. The van der Waals surface area contributed by atoms with Gasteiger partial charge in [-0.2, -0.15) is 13.2 Å². The van der Waals surface area contributed by atoms with Crippen LogP contribution in [0, 0.1) is 0 Å². The van der Waals surface area contributed by atoms with E-state index in [1.165, 1.54) is 6.07 Å². The molecule has 37 heavy (non-hydrogen) atoms. The Hall–Kier alpha value is -4.36. The minimum atomic E-state index is -4.48. The Bertz CT molecular complexity index is 1540. The Morgan fingerprint density at radius 2 is 1.49 bits per heavy atom. The van der Waals surface area contributed by atoms with Crippen molar-refractivity contribution >= 4 is 16.9 Å². The summed E-state index contributed by atoms with van der Waals surface area (Å²) in [7, 11) is 0. The zero-order chi connectivity index (χ0) is 26.0. The predicted octanol–water partition coefficient (Wildman–Crippen LogP) is 7.23. The van der Waals surface area contributed by atoms with E-state index in [1.807, 2.05) is 89.5 Å². The molecule has 0 radical (unpaired) electrons. The molecule has 0 spiro atoms. The number of carboxylic acids is 1. The van der Waals surface area contributed by atoms with Crippen LogP contribution in [-0.4, -0.2) is 15.6 Å². The van der Waals surface area contributed by atoms with Crippen molar-refractivity contribution in [2.45, 2.75) is 18.8 Å². The molecule has 186 valence electrons. The first-order chi connectivity index (χ1) is 17.8. The molecule has 0 saturated heterocycles. The van der Waals surface area contributed by atoms with Gasteiger partial charge >= 0.3 is 12.1 Å². The number of halogens is 3. The Morgan fingerprint density at radius 1 is 0.838 bits per heavy atom. The summed E-state index contributed by atoms with van der Waals surface area (Å²) < 4.78 is 41.7. The Balaban J connectivity index is 1.68. The first-order valence-corrected chi connectivity index (χ1v) is 11.7. The largest absolute Gasteiger partial charge is 0.480 e. The highest BCUT2D eigenvalue weighted by Gasteiger charge is 2.32. The SMILES string of the molecule is O=C(O)C(NCc1cccc(C(F)(F)F)c1)c1c(-c2ccccc2)n(-c2ccccc2)c2ccccc12. The average Bonchev–Trinajstić information content (AvgIpc) is 3.24. The maximum atomic E-state index is 13.2. The monoisotopic (exact) mass is 500 g/mol. The maximum Gasteiger partial charge on any atom is 0.416 e. The van der Waals surface area contributed by atoms with Crippen molar-refractivity contribution in [1.29, 1.82) is 0 Å². The molecule has 0 fully saturated rings. The van der Waals surface area contributed by atoms with E-state index in [4.69, 9.17) is 0 Å². The number of carbonyl (C=O) groups is 1. The van der Waals surface area contributed by atoms with Gasteiger partial charge < -0.3 is 9.67 Å². The van der Waals surface area contributed by atoms with Gasteiger partial charge in [-0.1, -0.05) is 84.9 Å². The summed E-state index contributed by atoms with van der Waals surface area (Å²) >= 11 is 0. The lowest BCUT2D eigenvalue weighted by molar-refractivity contribution is -0.140. The second-order valence-electron chi connectivity index (χ2n) is 8.67. The average molecular weight is 501 g/mol. The Labute approximate surface area is 211 Å². The van der Waals surface area contributed by atoms with Crippen molar-refractivity contribution < 1.29 is 23.1 Å². The fraction of sp³-hybridized carbons (Fsp3) is 0.100. The summed E-state index contributed by atoms with van der Waals surface area (Å²) in [6.07, 6.45) is -4.48. The summed E-state index contributed by atoms with van der Waals surface area (Å²) in [5, 5.41) is 14.1. The van der Waals surface area contributed by atoms with Crippen LogP contribution in [0.1, 0.15) is 22.7 Å². The molecular formula is C30H23F3N2O2. The Kier molecular flexibility index (Phi) is 6.54. The van der Waals surface area contributed by atoms with Crippen molar-refractivity contribution in [3.8, 4) is 16.9 Å². The number of rotatable bonds is 7. The number of nitrogens with one attached hydrogen (secondary N) is 1. The van der Waals surface area contributed by atoms with E-state index >= 15 is 0 Å². The lowest BCUT2D eigenvalue weighted by Gasteiger charge is -2.19. The van der Waals surface area contributed by atoms with Gasteiger partial charge in [-0.3, -0.25) is 10.1 Å². The number of hydrogen-bond donors (Lipinski definition) is 2. The minimum absolute atomic E-state index is 0.0556. The number of aliphatic carboxylic acids is 1. The van der Waals surface area contributed by atoms with E-state index < -0.39 is 23.8 Å². The highest BCUT2D eigenvalue weighted by Crippen LogP contribution is 2.40. The van der Waals surface area contributed by atoms with Gasteiger partial charge in [0.2, 0.25) is 0 Å². The van der Waals surface area contributed by atoms with Crippen LogP contribution < -0.4 is 5.32 Å². The molecule has 1 atom stereocenters. The summed E-state index contributed by atoms with van der Waals surface area (Å²) in [6.45, 7) is -0.0556. The molecule has 4 nitrogen and oxygen atoms in total. The van der Waals surface area contributed by atoms with Crippen LogP contribution in [0.25, 0.3) is 27.8 Å². The van der Waals surface area contributed by atoms with Gasteiger partial charge in [0.1, 0.15) is 6.04 Å². The maximum absolute atomic E-state index is 13.2. The molecule has 1 unspecified atom stereocenters. The number of para-hydroxylation sites is 2. The molecule has 0 saturated carbocycles. The highest BCUT2D eigenvalue weighted by atomic mass is 19.4. The standard InChI is InChI=1S/C30H23F3N2O2/c31-30(32,33)22-13-9-10-20(18-22)19-34-27(29(36)37)26-24-16-7-8-17-25(24)35(23-14-5-2-6-15-23)28(26)21-11-3-1-4-12-21/h1-18,27,34H,19H2,(H,36,37). The van der Waals surface area contributed by atoms with Gasteiger partial charge in [-0.15, -0.1) is 0 Å². The molecule has 4 aromatic carbocycles. The fourth-order valence-corrected chi connectivity index (χ4v) is 4.67. The number of aromatic nitrogens is 1. The number of hydrogen-bond acceptors (Lipinski definition) is 2. The molecule has 5 aromatic rings. The number of fused-ring (bicyclic) bond motifs is 1. The van der Waals surface area contributed by atoms with Crippen molar-refractivity contribution in [2.24, 2.45) is 0 Å². The smallest absolute Gasteiger partial charge is 0.416 e. The normalized spacial score (nSPS) is 12.5. The molecule has 0 bridgehead atoms. The van der Waals surface area contributed by atoms with E-state index in [1.54, 1.807) is 6.07 Å². The molecule has 5 rings (SSSR count). The van der Waals surface area contributed by atoms with Crippen molar-refractivity contribution in [3.05, 3.63) is 126 Å². The van der Waals surface area contributed by atoms with Gasteiger partial charge in [0.05, 0.1) is 16.8 Å². The summed E-state index contributed by atoms with van der Waals surface area (Å²) in [5.41, 5.74) is 3.34. The van der Waals surface area contributed by atoms with Gasteiger partial charge in [0.25, 0.3) is 0 Å². The van der Waals surface area contributed by atoms with Crippen LogP contribution in [0.2, 0.25) is 0 Å². The fourth-order valence-electron chi connectivity index (χ4n) is 4.67. The van der Waals surface area contributed by atoms with E-state index in [2.05, 4.69) is 5.32 Å².